The molecule has 0 spiro atoms. The highest BCUT2D eigenvalue weighted by molar-refractivity contribution is 7.80. The second-order valence-corrected chi connectivity index (χ2v) is 8.37. The molecule has 0 N–H and O–H groups in total. The molecular formula is C24H23N3O2S. The zero-order valence-corrected chi connectivity index (χ0v) is 18.2. The van der Waals surface area contributed by atoms with E-state index in [1.165, 1.54) is 32.8 Å². The van der Waals surface area contributed by atoms with E-state index in [-0.39, 0.29) is 27.9 Å². The number of hydrogen-bond donors (Lipinski definition) is 0. The van der Waals surface area contributed by atoms with Gasteiger partial charge < -0.3 is 4.90 Å². The number of benzene rings is 1. The van der Waals surface area contributed by atoms with Crippen LogP contribution in [-0.4, -0.2) is 40.8 Å². The van der Waals surface area contributed by atoms with Crippen molar-refractivity contribution in [2.24, 2.45) is 0 Å². The van der Waals surface area contributed by atoms with Gasteiger partial charge in [-0.15, -0.1) is 0 Å². The maximum Gasteiger partial charge on any atom is 0.265 e. The summed E-state index contributed by atoms with van der Waals surface area (Å²) in [7, 11) is 3.14. The number of likely N-dealkylation sites (N-methyl/N-ethyl adjacent to an activating group) is 2. The molecule has 30 heavy (non-hydrogen) atoms. The molecule has 2 amide bonds. The van der Waals surface area contributed by atoms with Crippen molar-refractivity contribution in [3.05, 3.63) is 89.3 Å². The summed E-state index contributed by atoms with van der Waals surface area (Å²) in [5, 5.41) is 0.206. The molecule has 3 heterocycles. The minimum atomic E-state index is -0.388. The average molecular weight is 418 g/mol. The first-order chi connectivity index (χ1) is 14.2. The molecule has 0 radical (unpaired) electrons. The summed E-state index contributed by atoms with van der Waals surface area (Å²) in [5.74, 6) is -0.776. The standard InChI is InChI=1S/C24H23N3O2S/c1-24(2)18-11-7-8-12-19(18)27-14-13-16(15-20(24)27)9-5-6-10-17-21(28)25(3)23(30)26(4)22(17)29/h5-15H,1-4H3. The lowest BCUT2D eigenvalue weighted by molar-refractivity contribution is -0.132. The number of amides is 2. The number of allylic oxidation sites excluding steroid dienone is 8. The molecule has 1 fully saturated rings. The first-order valence-electron chi connectivity index (χ1n) is 9.71. The predicted molar refractivity (Wildman–Crippen MR) is 123 cm³/mol. The highest BCUT2D eigenvalue weighted by atomic mass is 32.1. The van der Waals surface area contributed by atoms with Gasteiger partial charge in [0.25, 0.3) is 11.8 Å². The molecule has 1 aromatic carbocycles. The van der Waals surface area contributed by atoms with Crippen LogP contribution in [0.25, 0.3) is 0 Å². The molecule has 0 atom stereocenters. The van der Waals surface area contributed by atoms with E-state index in [1.807, 2.05) is 12.2 Å². The van der Waals surface area contributed by atoms with Gasteiger partial charge in [-0.1, -0.05) is 50.3 Å². The van der Waals surface area contributed by atoms with Gasteiger partial charge in [0.1, 0.15) is 5.57 Å². The lowest BCUT2D eigenvalue weighted by Crippen LogP contribution is -2.52. The molecule has 0 aliphatic carbocycles. The van der Waals surface area contributed by atoms with Crippen molar-refractivity contribution < 1.29 is 9.59 Å². The third-order valence-corrected chi connectivity index (χ3v) is 6.31. The Bertz CT molecular complexity index is 1100. The number of thiocarbonyl (C=S) groups is 1. The van der Waals surface area contributed by atoms with Crippen LogP contribution in [0.5, 0.6) is 0 Å². The second kappa shape index (κ2) is 7.22. The van der Waals surface area contributed by atoms with E-state index in [1.54, 1.807) is 20.2 Å². The minimum absolute atomic E-state index is 0.0827. The van der Waals surface area contributed by atoms with Crippen molar-refractivity contribution in [1.82, 2.24) is 9.80 Å². The van der Waals surface area contributed by atoms with Gasteiger partial charge in [-0.2, -0.15) is 0 Å². The Morgan fingerprint density at radius 1 is 0.967 bits per heavy atom. The van der Waals surface area contributed by atoms with Gasteiger partial charge in [-0.05, 0) is 47.6 Å². The van der Waals surface area contributed by atoms with E-state index >= 15 is 0 Å². The Kier molecular flexibility index (Phi) is 4.82. The van der Waals surface area contributed by atoms with Gasteiger partial charge in [-0.25, -0.2) is 0 Å². The fourth-order valence-corrected chi connectivity index (χ4v) is 4.14. The summed E-state index contributed by atoms with van der Waals surface area (Å²) in [6.45, 7) is 4.46. The number of fused-ring (bicyclic) bond motifs is 3. The van der Waals surface area contributed by atoms with Crippen LogP contribution in [-0.2, 0) is 15.0 Å². The van der Waals surface area contributed by atoms with Gasteiger partial charge in [0.05, 0.1) is 0 Å². The molecule has 1 saturated heterocycles. The summed E-state index contributed by atoms with van der Waals surface area (Å²) in [6, 6.07) is 8.45. The van der Waals surface area contributed by atoms with E-state index in [4.69, 9.17) is 12.2 Å². The molecule has 0 bridgehead atoms. The van der Waals surface area contributed by atoms with Crippen LogP contribution in [0.2, 0.25) is 0 Å². The maximum absolute atomic E-state index is 12.3. The first-order valence-corrected chi connectivity index (χ1v) is 10.1. The Morgan fingerprint density at radius 2 is 1.60 bits per heavy atom. The van der Waals surface area contributed by atoms with Crippen molar-refractivity contribution in [2.45, 2.75) is 19.3 Å². The largest absolute Gasteiger partial charge is 0.320 e. The second-order valence-electron chi connectivity index (χ2n) is 8.00. The van der Waals surface area contributed by atoms with E-state index in [0.29, 0.717) is 0 Å². The highest BCUT2D eigenvalue weighted by Crippen LogP contribution is 2.49. The number of rotatable bonds is 2. The fourth-order valence-electron chi connectivity index (χ4n) is 3.97. The van der Waals surface area contributed by atoms with Gasteiger partial charge in [0.2, 0.25) is 0 Å². The summed E-state index contributed by atoms with van der Waals surface area (Å²) in [4.78, 5) is 29.5. The van der Waals surface area contributed by atoms with Crippen molar-refractivity contribution >= 4 is 34.8 Å². The minimum Gasteiger partial charge on any atom is -0.320 e. The normalized spacial score (nSPS) is 21.5. The van der Waals surface area contributed by atoms with Crippen LogP contribution < -0.4 is 4.90 Å². The molecule has 1 aromatic rings. The quantitative estimate of drug-likeness (QED) is 0.417. The number of nitrogens with zero attached hydrogens (tertiary/aromatic N) is 3. The Morgan fingerprint density at radius 3 is 2.30 bits per heavy atom. The lowest BCUT2D eigenvalue weighted by atomic mass is 9.83. The number of para-hydroxylation sites is 1. The Hall–Kier alpha value is -3.25. The molecule has 4 rings (SSSR count). The van der Waals surface area contributed by atoms with Crippen molar-refractivity contribution in [3.8, 4) is 0 Å². The number of anilines is 1. The number of carbonyl (C=O) groups excluding carboxylic acids is 2. The molecular weight excluding hydrogens is 394 g/mol. The number of carbonyl (C=O) groups is 2. The third-order valence-electron chi connectivity index (χ3n) is 5.76. The molecule has 3 aliphatic rings. The third kappa shape index (κ3) is 3.04. The predicted octanol–water partition coefficient (Wildman–Crippen LogP) is 3.82. The van der Waals surface area contributed by atoms with Gasteiger partial charge in [0, 0.05) is 37.1 Å². The van der Waals surface area contributed by atoms with Gasteiger partial charge in [-0.3, -0.25) is 19.4 Å². The van der Waals surface area contributed by atoms with Crippen LogP contribution in [0.15, 0.2) is 83.8 Å². The average Bonchev–Trinajstić information content (AvgIpc) is 2.97. The topological polar surface area (TPSA) is 43.9 Å². The zero-order chi connectivity index (χ0) is 21.6. The maximum atomic E-state index is 12.3. The summed E-state index contributed by atoms with van der Waals surface area (Å²) in [5.41, 5.74) is 4.81. The molecule has 0 unspecified atom stereocenters. The summed E-state index contributed by atoms with van der Waals surface area (Å²) < 4.78 is 0. The SMILES string of the molecule is CN1C(=O)C(=CC=CC=C2C=CN3C(=C2)C(C)(C)c2ccccc23)C(=O)N(C)C1=S. The first kappa shape index (κ1) is 20.0. The van der Waals surface area contributed by atoms with Gasteiger partial charge >= 0.3 is 0 Å². The number of hydrogen-bond acceptors (Lipinski definition) is 4. The van der Waals surface area contributed by atoms with E-state index < -0.39 is 0 Å². The molecule has 5 nitrogen and oxygen atoms in total. The smallest absolute Gasteiger partial charge is 0.265 e. The van der Waals surface area contributed by atoms with E-state index in [2.05, 4.69) is 61.4 Å². The highest BCUT2D eigenvalue weighted by Gasteiger charge is 2.40. The van der Waals surface area contributed by atoms with Crippen LogP contribution in [0.1, 0.15) is 19.4 Å². The van der Waals surface area contributed by atoms with Crippen molar-refractivity contribution in [3.63, 3.8) is 0 Å². The molecule has 6 heteroatoms. The molecule has 3 aliphatic heterocycles. The zero-order valence-electron chi connectivity index (χ0n) is 17.4. The molecule has 152 valence electrons. The summed E-state index contributed by atoms with van der Waals surface area (Å²) in [6.07, 6.45) is 13.4. The Labute approximate surface area is 181 Å². The van der Waals surface area contributed by atoms with Crippen LogP contribution in [0.3, 0.4) is 0 Å². The van der Waals surface area contributed by atoms with Crippen molar-refractivity contribution in [2.75, 3.05) is 19.0 Å². The van der Waals surface area contributed by atoms with Crippen LogP contribution >= 0.6 is 12.2 Å². The summed E-state index contributed by atoms with van der Waals surface area (Å²) >= 11 is 5.10. The van der Waals surface area contributed by atoms with Gasteiger partial charge in [0.15, 0.2) is 5.11 Å². The Balaban J connectivity index is 1.57. The molecule has 0 saturated carbocycles. The van der Waals surface area contributed by atoms with Crippen LogP contribution in [0.4, 0.5) is 5.69 Å². The van der Waals surface area contributed by atoms with E-state index in [9.17, 15) is 9.59 Å². The fraction of sp³-hybridized carbons (Fsp3) is 0.208. The molecule has 0 aromatic heterocycles. The van der Waals surface area contributed by atoms with E-state index in [0.717, 1.165) is 5.57 Å². The van der Waals surface area contributed by atoms with Crippen LogP contribution in [0, 0.1) is 0 Å². The lowest BCUT2D eigenvalue weighted by Gasteiger charge is -2.31. The monoisotopic (exact) mass is 417 g/mol. The van der Waals surface area contributed by atoms with Crippen molar-refractivity contribution in [1.29, 1.82) is 0 Å².